The molecule has 0 spiro atoms. The number of hydrogen-bond acceptors (Lipinski definition) is 4. The van der Waals surface area contributed by atoms with Gasteiger partial charge in [0.2, 0.25) is 10.4 Å². The smallest absolute Gasteiger partial charge is 0.217 e. The third-order valence-electron chi connectivity index (χ3n) is 2.94. The van der Waals surface area contributed by atoms with E-state index in [1.165, 1.54) is 11.1 Å². The maximum Gasteiger partial charge on any atom is 0.217 e. The van der Waals surface area contributed by atoms with E-state index in [4.69, 9.17) is 0 Å². The molecule has 3 N–H and O–H groups in total. The molecule has 0 bridgehead atoms. The normalized spacial score (nSPS) is 10.9. The molecule has 0 aliphatic heterocycles. The molecule has 22 heavy (non-hydrogen) atoms. The van der Waals surface area contributed by atoms with Crippen molar-refractivity contribution < 1.29 is 22.9 Å². The molecule has 2 aromatic rings. The van der Waals surface area contributed by atoms with E-state index in [1.54, 1.807) is 0 Å². The molecule has 0 unspecified atom stereocenters. The van der Waals surface area contributed by atoms with Crippen LogP contribution in [0.1, 0.15) is 11.1 Å². The second-order valence-corrected chi connectivity index (χ2v) is 5.97. The van der Waals surface area contributed by atoms with E-state index in [2.05, 4.69) is 70.6 Å². The molecule has 0 aliphatic rings. The topological polar surface area (TPSA) is 94.1 Å². The summed E-state index contributed by atoms with van der Waals surface area (Å²) in [5, 5.41) is 0. The largest absolute Gasteiger partial charge is 0.726 e. The summed E-state index contributed by atoms with van der Waals surface area (Å²) in [7, 11) is -3.60. The first-order chi connectivity index (χ1) is 10.4. The monoisotopic (exact) mass is 323 g/mol. The zero-order chi connectivity index (χ0) is 16.4. The molecule has 0 aliphatic carbocycles. The summed E-state index contributed by atoms with van der Waals surface area (Å²) in [6.45, 7) is 0. The number of hydrogen-bond donors (Lipinski definition) is 1. The second kappa shape index (κ2) is 9.32. The average Bonchev–Trinajstić information content (AvgIpc) is 2.49. The Kier molecular flexibility index (Phi) is 7.76. The first kappa shape index (κ1) is 18.3. The molecule has 0 radical (unpaired) electrons. The molecule has 0 aromatic heterocycles. The van der Waals surface area contributed by atoms with Gasteiger partial charge in [0.15, 0.2) is 0 Å². The zero-order valence-corrected chi connectivity index (χ0v) is 13.3. The fourth-order valence-corrected chi connectivity index (χ4v) is 1.97. The van der Waals surface area contributed by atoms with Gasteiger partial charge in [0.05, 0.1) is 13.2 Å². The van der Waals surface area contributed by atoms with Crippen molar-refractivity contribution in [3.63, 3.8) is 0 Å². The van der Waals surface area contributed by atoms with Crippen LogP contribution in [0.3, 0.4) is 0 Å². The van der Waals surface area contributed by atoms with Crippen LogP contribution in [0.15, 0.2) is 60.7 Å². The van der Waals surface area contributed by atoms with Crippen molar-refractivity contribution in [1.29, 1.82) is 0 Å². The van der Waals surface area contributed by atoms with Crippen LogP contribution in [0, 0.1) is 0 Å². The van der Waals surface area contributed by atoms with Crippen molar-refractivity contribution in [3.8, 4) is 0 Å². The van der Waals surface area contributed by atoms with Crippen molar-refractivity contribution >= 4 is 10.4 Å². The van der Waals surface area contributed by atoms with Gasteiger partial charge >= 0.3 is 0 Å². The van der Waals surface area contributed by atoms with Crippen LogP contribution in [0.2, 0.25) is 0 Å². The molecule has 0 saturated carbocycles. The van der Waals surface area contributed by atoms with E-state index in [0.717, 1.165) is 20.0 Å². The minimum atomic E-state index is -4.41. The minimum Gasteiger partial charge on any atom is -0.726 e. The fraction of sp³-hybridized carbons (Fsp3) is 0.250. The Morgan fingerprint density at radius 1 is 0.955 bits per heavy atom. The van der Waals surface area contributed by atoms with Gasteiger partial charge in [-0.3, -0.25) is 4.18 Å². The Morgan fingerprint density at radius 2 is 1.27 bits per heavy atom. The van der Waals surface area contributed by atoms with Crippen LogP contribution in [0.25, 0.3) is 0 Å². The van der Waals surface area contributed by atoms with E-state index in [9.17, 15) is 13.0 Å². The van der Waals surface area contributed by atoms with Crippen molar-refractivity contribution in [2.75, 3.05) is 7.11 Å². The molecule has 2 aromatic carbocycles. The van der Waals surface area contributed by atoms with Crippen molar-refractivity contribution in [1.82, 2.24) is 0 Å². The first-order valence-corrected chi connectivity index (χ1v) is 8.16. The van der Waals surface area contributed by atoms with Crippen molar-refractivity contribution in [2.45, 2.75) is 18.9 Å². The van der Waals surface area contributed by atoms with Gasteiger partial charge in [-0.15, -0.1) is 0 Å². The van der Waals surface area contributed by atoms with E-state index >= 15 is 0 Å². The Bertz CT molecular complexity index is 588. The Labute approximate surface area is 131 Å². The summed E-state index contributed by atoms with van der Waals surface area (Å²) in [5.74, 6) is 0. The Morgan fingerprint density at radius 3 is 1.55 bits per heavy atom. The summed E-state index contributed by atoms with van der Waals surface area (Å²) in [5.41, 5.74) is 6.98. The van der Waals surface area contributed by atoms with Crippen molar-refractivity contribution in [2.24, 2.45) is 0 Å². The fourth-order valence-electron chi connectivity index (χ4n) is 1.97. The van der Waals surface area contributed by atoms with Crippen LogP contribution in [-0.4, -0.2) is 26.1 Å². The SMILES string of the molecule is COS(=O)(=O)[O-].[NH3+]C(Cc1ccccc1)Cc1ccccc1. The average molecular weight is 323 g/mol. The van der Waals surface area contributed by atoms with Gasteiger partial charge < -0.3 is 10.3 Å². The lowest BCUT2D eigenvalue weighted by Gasteiger charge is -2.08. The summed E-state index contributed by atoms with van der Waals surface area (Å²) in [6.07, 6.45) is 2.10. The molecule has 0 amide bonds. The lowest BCUT2D eigenvalue weighted by molar-refractivity contribution is -0.418. The molecule has 5 nitrogen and oxygen atoms in total. The van der Waals surface area contributed by atoms with Crippen LogP contribution in [0.5, 0.6) is 0 Å². The minimum absolute atomic E-state index is 0.449. The molecule has 120 valence electrons. The van der Waals surface area contributed by atoms with Crippen LogP contribution < -0.4 is 5.73 Å². The van der Waals surface area contributed by atoms with E-state index in [1.807, 2.05) is 0 Å². The summed E-state index contributed by atoms with van der Waals surface area (Å²) >= 11 is 0. The number of quaternary nitrogens is 1. The van der Waals surface area contributed by atoms with Gasteiger partial charge in [-0.25, -0.2) is 8.42 Å². The zero-order valence-electron chi connectivity index (χ0n) is 12.5. The van der Waals surface area contributed by atoms with Gasteiger partial charge in [-0.1, -0.05) is 60.7 Å². The Balaban J connectivity index is 0.000000346. The third-order valence-corrected chi connectivity index (χ3v) is 3.35. The highest BCUT2D eigenvalue weighted by Crippen LogP contribution is 2.06. The molecule has 0 fully saturated rings. The molecular weight excluding hydrogens is 302 g/mol. The molecular formula is C16H21NO4S. The predicted molar refractivity (Wildman–Crippen MR) is 83.7 cm³/mol. The highest BCUT2D eigenvalue weighted by atomic mass is 32.3. The summed E-state index contributed by atoms with van der Waals surface area (Å²) in [6, 6.07) is 21.6. The quantitative estimate of drug-likeness (QED) is 0.660. The maximum atomic E-state index is 9.22. The third kappa shape index (κ3) is 8.53. The predicted octanol–water partition coefficient (Wildman–Crippen LogP) is 1.18. The molecule has 0 heterocycles. The van der Waals surface area contributed by atoms with Crippen LogP contribution in [-0.2, 0) is 27.4 Å². The standard InChI is InChI=1S/C15H17N.CH4O4S/c16-15(11-13-7-3-1-4-8-13)12-14-9-5-2-6-10-14;1-5-6(2,3)4/h1-10,15H,11-12,16H2;1H3,(H,2,3,4). The number of benzene rings is 2. The van der Waals surface area contributed by atoms with Gasteiger partial charge in [0, 0.05) is 12.8 Å². The van der Waals surface area contributed by atoms with Gasteiger partial charge in [0.1, 0.15) is 0 Å². The number of rotatable bonds is 5. The lowest BCUT2D eigenvalue weighted by Crippen LogP contribution is -2.63. The van der Waals surface area contributed by atoms with Crippen LogP contribution in [0.4, 0.5) is 0 Å². The summed E-state index contributed by atoms with van der Waals surface area (Å²) < 4.78 is 31.0. The molecule has 6 heteroatoms. The molecule has 2 rings (SSSR count). The lowest BCUT2D eigenvalue weighted by atomic mass is 10.00. The second-order valence-electron chi connectivity index (χ2n) is 4.82. The van der Waals surface area contributed by atoms with Crippen LogP contribution >= 0.6 is 0 Å². The highest BCUT2D eigenvalue weighted by molar-refractivity contribution is 7.80. The Hall–Kier alpha value is -1.73. The highest BCUT2D eigenvalue weighted by Gasteiger charge is 2.07. The van der Waals surface area contributed by atoms with Gasteiger partial charge in [-0.05, 0) is 11.1 Å². The molecule has 0 saturated heterocycles. The summed E-state index contributed by atoms with van der Waals surface area (Å²) in [4.78, 5) is 0. The van der Waals surface area contributed by atoms with E-state index < -0.39 is 10.4 Å². The maximum absolute atomic E-state index is 9.22. The van der Waals surface area contributed by atoms with Gasteiger partial charge in [-0.2, -0.15) is 0 Å². The van der Waals surface area contributed by atoms with Gasteiger partial charge in [0.25, 0.3) is 0 Å². The van der Waals surface area contributed by atoms with E-state index in [0.29, 0.717) is 6.04 Å². The van der Waals surface area contributed by atoms with E-state index in [-0.39, 0.29) is 0 Å². The molecule has 0 atom stereocenters. The first-order valence-electron chi connectivity index (χ1n) is 6.83. The van der Waals surface area contributed by atoms with Crippen molar-refractivity contribution in [3.05, 3.63) is 71.8 Å².